The lowest BCUT2D eigenvalue weighted by Gasteiger charge is -2.26. The van der Waals surface area contributed by atoms with Crippen molar-refractivity contribution in [1.29, 1.82) is 0 Å². The first-order valence-corrected chi connectivity index (χ1v) is 7.01. The molecule has 1 aromatic heterocycles. The Hall–Kier alpha value is -1.85. The van der Waals surface area contributed by atoms with Crippen LogP contribution in [0, 0.1) is 0 Å². The first-order chi connectivity index (χ1) is 10.1. The molecule has 0 spiro atoms. The van der Waals surface area contributed by atoms with Gasteiger partial charge in [-0.3, -0.25) is 0 Å². The number of rotatable bonds is 6. The summed E-state index contributed by atoms with van der Waals surface area (Å²) in [4.78, 5) is 10.5. The van der Waals surface area contributed by atoms with Crippen LogP contribution in [-0.2, 0) is 0 Å². The fourth-order valence-corrected chi connectivity index (χ4v) is 2.31. The predicted molar refractivity (Wildman–Crippen MR) is 85.0 cm³/mol. The van der Waals surface area contributed by atoms with E-state index in [4.69, 9.17) is 16.3 Å². The molecule has 0 aliphatic heterocycles. The van der Waals surface area contributed by atoms with E-state index in [1.165, 1.54) is 0 Å². The Labute approximate surface area is 129 Å². The molecule has 0 bridgehead atoms. The quantitative estimate of drug-likeness (QED) is 0.889. The lowest BCUT2D eigenvalue weighted by molar-refractivity contribution is 0.311. The molecular formula is C15H19ClN4O. The van der Waals surface area contributed by atoms with E-state index in [0.29, 0.717) is 18.4 Å². The normalized spacial score (nSPS) is 12.2. The zero-order valence-electron chi connectivity index (χ0n) is 12.4. The van der Waals surface area contributed by atoms with E-state index >= 15 is 0 Å². The Morgan fingerprint density at radius 2 is 2.05 bits per heavy atom. The van der Waals surface area contributed by atoms with Crippen molar-refractivity contribution in [2.45, 2.75) is 6.04 Å². The van der Waals surface area contributed by atoms with Crippen LogP contribution in [0.4, 0.5) is 5.95 Å². The minimum Gasteiger partial charge on any atom is -0.481 e. The number of hydrogen-bond donors (Lipinski definition) is 1. The van der Waals surface area contributed by atoms with Crippen molar-refractivity contribution >= 4 is 17.5 Å². The van der Waals surface area contributed by atoms with Crippen molar-refractivity contribution in [3.63, 3.8) is 0 Å². The lowest BCUT2D eigenvalue weighted by Crippen LogP contribution is -2.27. The summed E-state index contributed by atoms with van der Waals surface area (Å²) in [6, 6.07) is 9.67. The highest BCUT2D eigenvalue weighted by molar-refractivity contribution is 6.31. The van der Waals surface area contributed by atoms with Gasteiger partial charge in [-0.05, 0) is 25.7 Å². The predicted octanol–water partition coefficient (Wildman–Crippen LogP) is 2.85. The number of halogens is 1. The zero-order valence-corrected chi connectivity index (χ0v) is 13.1. The topological polar surface area (TPSA) is 50.3 Å². The van der Waals surface area contributed by atoms with Crippen LogP contribution in [0.1, 0.15) is 11.6 Å². The number of benzene rings is 1. The molecule has 0 aliphatic rings. The van der Waals surface area contributed by atoms with Gasteiger partial charge in [0.1, 0.15) is 0 Å². The fourth-order valence-electron chi connectivity index (χ4n) is 2.05. The van der Waals surface area contributed by atoms with Gasteiger partial charge in [-0.1, -0.05) is 29.8 Å². The summed E-state index contributed by atoms with van der Waals surface area (Å²) in [5.74, 6) is 1.07. The Bertz CT molecular complexity index is 591. The highest BCUT2D eigenvalue weighted by Gasteiger charge is 2.17. The van der Waals surface area contributed by atoms with E-state index in [2.05, 4.69) is 20.2 Å². The Morgan fingerprint density at radius 1 is 1.29 bits per heavy atom. The largest absolute Gasteiger partial charge is 0.481 e. The maximum absolute atomic E-state index is 6.29. The molecular weight excluding hydrogens is 288 g/mol. The van der Waals surface area contributed by atoms with Gasteiger partial charge in [-0.15, -0.1) is 0 Å². The van der Waals surface area contributed by atoms with E-state index in [1.807, 2.05) is 38.4 Å². The minimum absolute atomic E-state index is 0.119. The smallest absolute Gasteiger partial charge is 0.226 e. The van der Waals surface area contributed by atoms with Gasteiger partial charge in [0.15, 0.2) is 0 Å². The van der Waals surface area contributed by atoms with Gasteiger partial charge < -0.3 is 15.0 Å². The number of methoxy groups -OCH3 is 1. The molecule has 0 radical (unpaired) electrons. The highest BCUT2D eigenvalue weighted by Crippen LogP contribution is 2.26. The fraction of sp³-hybridized carbons (Fsp3) is 0.333. The lowest BCUT2D eigenvalue weighted by atomic mass is 10.1. The number of likely N-dealkylation sites (N-methyl/N-ethyl adjacent to an activating group) is 1. The summed E-state index contributed by atoms with van der Waals surface area (Å²) in [5, 5.41) is 3.98. The van der Waals surface area contributed by atoms with E-state index in [-0.39, 0.29) is 6.04 Å². The minimum atomic E-state index is 0.119. The van der Waals surface area contributed by atoms with Crippen molar-refractivity contribution in [1.82, 2.24) is 14.9 Å². The maximum Gasteiger partial charge on any atom is 0.226 e. The van der Waals surface area contributed by atoms with Crippen LogP contribution in [0.2, 0.25) is 5.02 Å². The monoisotopic (exact) mass is 306 g/mol. The molecule has 21 heavy (non-hydrogen) atoms. The molecule has 1 aromatic carbocycles. The van der Waals surface area contributed by atoms with Crippen molar-refractivity contribution in [2.24, 2.45) is 0 Å². The van der Waals surface area contributed by atoms with E-state index < -0.39 is 0 Å². The maximum atomic E-state index is 6.29. The van der Waals surface area contributed by atoms with Crippen LogP contribution in [-0.4, -0.2) is 42.6 Å². The average molecular weight is 307 g/mol. The van der Waals surface area contributed by atoms with E-state index in [0.717, 1.165) is 10.6 Å². The van der Waals surface area contributed by atoms with Crippen LogP contribution in [0.5, 0.6) is 5.88 Å². The molecule has 1 heterocycles. The summed E-state index contributed by atoms with van der Waals surface area (Å²) in [5.41, 5.74) is 1.07. The van der Waals surface area contributed by atoms with E-state index in [9.17, 15) is 0 Å². The van der Waals surface area contributed by atoms with Gasteiger partial charge >= 0.3 is 0 Å². The molecule has 0 aliphatic carbocycles. The SMILES string of the molecule is COc1ccnc(NCC(c2ccccc2Cl)N(C)C)n1. The molecule has 2 rings (SSSR count). The second-order valence-electron chi connectivity index (χ2n) is 4.80. The number of hydrogen-bond acceptors (Lipinski definition) is 5. The van der Waals surface area contributed by atoms with Crippen molar-refractivity contribution < 1.29 is 4.74 Å². The molecule has 0 fully saturated rings. The third-order valence-electron chi connectivity index (χ3n) is 3.18. The molecule has 0 saturated carbocycles. The number of nitrogens with zero attached hydrogens (tertiary/aromatic N) is 3. The average Bonchev–Trinajstić information content (AvgIpc) is 2.49. The second-order valence-corrected chi connectivity index (χ2v) is 5.21. The van der Waals surface area contributed by atoms with Crippen molar-refractivity contribution in [3.8, 4) is 5.88 Å². The zero-order chi connectivity index (χ0) is 15.2. The first kappa shape index (κ1) is 15.5. The van der Waals surface area contributed by atoms with Crippen molar-refractivity contribution in [3.05, 3.63) is 47.1 Å². The summed E-state index contributed by atoms with van der Waals surface area (Å²) < 4.78 is 5.09. The third kappa shape index (κ3) is 4.06. The Morgan fingerprint density at radius 3 is 2.71 bits per heavy atom. The molecule has 2 aromatic rings. The van der Waals surface area contributed by atoms with Crippen LogP contribution >= 0.6 is 11.6 Å². The van der Waals surface area contributed by atoms with Gasteiger partial charge in [0, 0.05) is 23.8 Å². The summed E-state index contributed by atoms with van der Waals surface area (Å²) in [6.45, 7) is 0.643. The molecule has 112 valence electrons. The molecule has 0 amide bonds. The highest BCUT2D eigenvalue weighted by atomic mass is 35.5. The second kappa shape index (κ2) is 7.24. The van der Waals surface area contributed by atoms with Crippen LogP contribution < -0.4 is 10.1 Å². The number of nitrogens with one attached hydrogen (secondary N) is 1. The summed E-state index contributed by atoms with van der Waals surface area (Å²) in [7, 11) is 5.61. The summed E-state index contributed by atoms with van der Waals surface area (Å²) >= 11 is 6.29. The molecule has 1 unspecified atom stereocenters. The van der Waals surface area contributed by atoms with Gasteiger partial charge in [0.25, 0.3) is 0 Å². The molecule has 1 N–H and O–H groups in total. The van der Waals surface area contributed by atoms with Gasteiger partial charge in [-0.25, -0.2) is 4.98 Å². The molecule has 6 heteroatoms. The van der Waals surface area contributed by atoms with Crippen LogP contribution in [0.15, 0.2) is 36.5 Å². The standard InChI is InChI=1S/C15H19ClN4O/c1-20(2)13(11-6-4-5-7-12(11)16)10-18-15-17-9-8-14(19-15)21-3/h4-9,13H,10H2,1-3H3,(H,17,18,19). The van der Waals surface area contributed by atoms with Gasteiger partial charge in [0.2, 0.25) is 11.8 Å². The Kier molecular flexibility index (Phi) is 5.36. The van der Waals surface area contributed by atoms with Crippen LogP contribution in [0.3, 0.4) is 0 Å². The van der Waals surface area contributed by atoms with Gasteiger partial charge in [-0.2, -0.15) is 4.98 Å². The Balaban J connectivity index is 2.12. The third-order valence-corrected chi connectivity index (χ3v) is 3.52. The molecule has 5 nitrogen and oxygen atoms in total. The summed E-state index contributed by atoms with van der Waals surface area (Å²) in [6.07, 6.45) is 1.66. The number of ether oxygens (including phenoxy) is 1. The van der Waals surface area contributed by atoms with E-state index in [1.54, 1.807) is 19.4 Å². The van der Waals surface area contributed by atoms with Crippen LogP contribution in [0.25, 0.3) is 0 Å². The van der Waals surface area contributed by atoms with Gasteiger partial charge in [0.05, 0.1) is 13.2 Å². The number of aromatic nitrogens is 2. The first-order valence-electron chi connectivity index (χ1n) is 6.63. The van der Waals surface area contributed by atoms with Crippen molar-refractivity contribution in [2.75, 3.05) is 33.1 Å². The number of anilines is 1. The molecule has 0 saturated heterocycles. The molecule has 1 atom stereocenters.